The van der Waals surface area contributed by atoms with Gasteiger partial charge in [-0.05, 0) is 18.7 Å². The molecule has 5 nitrogen and oxygen atoms in total. The Morgan fingerprint density at radius 1 is 1.67 bits per heavy atom. The Labute approximate surface area is 89.0 Å². The quantitative estimate of drug-likeness (QED) is 0.698. The van der Waals surface area contributed by atoms with Crippen LogP contribution in [0.25, 0.3) is 0 Å². The van der Waals surface area contributed by atoms with Crippen molar-refractivity contribution in [1.82, 2.24) is 4.90 Å². The minimum Gasteiger partial charge on any atom is -0.468 e. The third-order valence-corrected chi connectivity index (χ3v) is 2.30. The predicted octanol–water partition coefficient (Wildman–Crippen LogP) is 0.0866. The lowest BCUT2D eigenvalue weighted by Gasteiger charge is -2.26. The van der Waals surface area contributed by atoms with E-state index in [9.17, 15) is 4.79 Å². The second kappa shape index (κ2) is 5.53. The van der Waals surface area contributed by atoms with E-state index in [4.69, 9.17) is 15.9 Å². The van der Waals surface area contributed by atoms with Gasteiger partial charge in [0, 0.05) is 6.54 Å². The molecule has 0 saturated carbocycles. The summed E-state index contributed by atoms with van der Waals surface area (Å²) in [6.07, 6.45) is 1.59. The molecule has 1 aromatic rings. The fourth-order valence-corrected chi connectivity index (χ4v) is 1.57. The third-order valence-electron chi connectivity index (χ3n) is 2.30. The van der Waals surface area contributed by atoms with Crippen LogP contribution < -0.4 is 11.5 Å². The molecule has 5 heteroatoms. The summed E-state index contributed by atoms with van der Waals surface area (Å²) in [4.78, 5) is 12.8. The van der Waals surface area contributed by atoms with Crippen molar-refractivity contribution >= 4 is 5.91 Å². The van der Waals surface area contributed by atoms with Crippen LogP contribution in [0.4, 0.5) is 0 Å². The molecule has 0 radical (unpaired) electrons. The maximum absolute atomic E-state index is 10.9. The molecule has 0 aliphatic heterocycles. The summed E-state index contributed by atoms with van der Waals surface area (Å²) >= 11 is 0. The van der Waals surface area contributed by atoms with Gasteiger partial charge in [-0.3, -0.25) is 9.69 Å². The van der Waals surface area contributed by atoms with Gasteiger partial charge in [0.2, 0.25) is 5.91 Å². The Kier molecular flexibility index (Phi) is 4.33. The zero-order valence-electron chi connectivity index (χ0n) is 8.85. The van der Waals surface area contributed by atoms with Gasteiger partial charge in [0.25, 0.3) is 0 Å². The van der Waals surface area contributed by atoms with Crippen LogP contribution >= 0.6 is 0 Å². The number of carbonyl (C=O) groups is 1. The number of hydrogen-bond acceptors (Lipinski definition) is 4. The standard InChI is InChI=1S/C10H17N3O2/c1-2-13(7-10(12)14)8(6-11)9-4-3-5-15-9/h3-5,8H,2,6-7,11H2,1H3,(H2,12,14). The Hall–Kier alpha value is -1.33. The van der Waals surface area contributed by atoms with Crippen molar-refractivity contribution < 1.29 is 9.21 Å². The first-order valence-electron chi connectivity index (χ1n) is 4.94. The lowest BCUT2D eigenvalue weighted by atomic mass is 10.2. The summed E-state index contributed by atoms with van der Waals surface area (Å²) in [5.41, 5.74) is 10.8. The molecule has 0 aliphatic rings. The molecular formula is C10H17N3O2. The van der Waals surface area contributed by atoms with E-state index >= 15 is 0 Å². The molecule has 0 aromatic carbocycles. The van der Waals surface area contributed by atoms with Crippen LogP contribution in [0.5, 0.6) is 0 Å². The maximum atomic E-state index is 10.9. The molecule has 4 N–H and O–H groups in total. The van der Waals surface area contributed by atoms with Gasteiger partial charge in [-0.2, -0.15) is 0 Å². The van der Waals surface area contributed by atoms with Crippen molar-refractivity contribution in [2.45, 2.75) is 13.0 Å². The fourth-order valence-electron chi connectivity index (χ4n) is 1.57. The van der Waals surface area contributed by atoms with Crippen molar-refractivity contribution in [3.8, 4) is 0 Å². The van der Waals surface area contributed by atoms with E-state index < -0.39 is 0 Å². The number of carbonyl (C=O) groups excluding carboxylic acids is 1. The first-order chi connectivity index (χ1) is 7.19. The molecule has 0 aliphatic carbocycles. The number of nitrogens with two attached hydrogens (primary N) is 2. The largest absolute Gasteiger partial charge is 0.468 e. The van der Waals surface area contributed by atoms with Gasteiger partial charge in [-0.25, -0.2) is 0 Å². The molecule has 0 spiro atoms. The fraction of sp³-hybridized carbons (Fsp3) is 0.500. The van der Waals surface area contributed by atoms with E-state index in [2.05, 4.69) is 0 Å². The minimum absolute atomic E-state index is 0.0856. The lowest BCUT2D eigenvalue weighted by Crippen LogP contribution is -2.39. The topological polar surface area (TPSA) is 85.5 Å². The molecule has 1 aromatic heterocycles. The minimum atomic E-state index is -0.359. The average molecular weight is 211 g/mol. The van der Waals surface area contributed by atoms with Gasteiger partial charge >= 0.3 is 0 Å². The smallest absolute Gasteiger partial charge is 0.231 e. The van der Waals surface area contributed by atoms with Gasteiger partial charge in [0.15, 0.2) is 0 Å². The molecule has 1 rings (SSSR count). The van der Waals surface area contributed by atoms with Gasteiger partial charge in [-0.15, -0.1) is 0 Å². The Balaban J connectivity index is 2.75. The van der Waals surface area contributed by atoms with E-state index in [1.165, 1.54) is 0 Å². The van der Waals surface area contributed by atoms with Crippen LogP contribution in [0.3, 0.4) is 0 Å². The highest BCUT2D eigenvalue weighted by atomic mass is 16.3. The normalized spacial score (nSPS) is 13.0. The first-order valence-corrected chi connectivity index (χ1v) is 4.94. The zero-order chi connectivity index (χ0) is 11.3. The molecule has 0 bridgehead atoms. The summed E-state index contributed by atoms with van der Waals surface area (Å²) in [6, 6.07) is 3.56. The summed E-state index contributed by atoms with van der Waals surface area (Å²) in [5, 5.41) is 0. The monoisotopic (exact) mass is 211 g/mol. The molecule has 1 amide bonds. The van der Waals surface area contributed by atoms with Gasteiger partial charge in [0.1, 0.15) is 5.76 Å². The number of amides is 1. The Morgan fingerprint density at radius 2 is 2.40 bits per heavy atom. The number of likely N-dealkylation sites (N-methyl/N-ethyl adjacent to an activating group) is 1. The molecule has 0 saturated heterocycles. The van der Waals surface area contributed by atoms with Gasteiger partial charge in [-0.1, -0.05) is 6.92 Å². The maximum Gasteiger partial charge on any atom is 0.231 e. The molecule has 1 atom stereocenters. The van der Waals surface area contributed by atoms with Crippen LogP contribution in [0, 0.1) is 0 Å². The van der Waals surface area contributed by atoms with Crippen LogP contribution in [-0.2, 0) is 4.79 Å². The van der Waals surface area contributed by atoms with E-state index in [0.717, 1.165) is 5.76 Å². The van der Waals surface area contributed by atoms with Gasteiger partial charge in [0.05, 0.1) is 18.8 Å². The van der Waals surface area contributed by atoms with Crippen molar-refractivity contribution in [2.75, 3.05) is 19.6 Å². The first kappa shape index (κ1) is 11.7. The second-order valence-electron chi connectivity index (χ2n) is 3.30. The lowest BCUT2D eigenvalue weighted by molar-refractivity contribution is -0.119. The Morgan fingerprint density at radius 3 is 2.80 bits per heavy atom. The van der Waals surface area contributed by atoms with E-state index in [1.807, 2.05) is 17.9 Å². The SMILES string of the molecule is CCN(CC(N)=O)C(CN)c1ccco1. The number of hydrogen-bond donors (Lipinski definition) is 2. The van der Waals surface area contributed by atoms with Crippen LogP contribution in [0.1, 0.15) is 18.7 Å². The summed E-state index contributed by atoms with van der Waals surface area (Å²) < 4.78 is 5.28. The highest BCUT2D eigenvalue weighted by Gasteiger charge is 2.21. The van der Waals surface area contributed by atoms with Crippen molar-refractivity contribution in [3.63, 3.8) is 0 Å². The second-order valence-corrected chi connectivity index (χ2v) is 3.30. The van der Waals surface area contributed by atoms with Crippen molar-refractivity contribution in [2.24, 2.45) is 11.5 Å². The summed E-state index contributed by atoms with van der Waals surface area (Å²) in [6.45, 7) is 3.24. The Bertz CT molecular complexity index is 298. The van der Waals surface area contributed by atoms with Crippen LogP contribution in [-0.4, -0.2) is 30.4 Å². The number of primary amides is 1. The highest BCUT2D eigenvalue weighted by molar-refractivity contribution is 5.75. The van der Waals surface area contributed by atoms with E-state index in [-0.39, 0.29) is 18.5 Å². The average Bonchev–Trinajstić information content (AvgIpc) is 2.70. The summed E-state index contributed by atoms with van der Waals surface area (Å²) in [7, 11) is 0. The van der Waals surface area contributed by atoms with Crippen LogP contribution in [0.2, 0.25) is 0 Å². The molecule has 1 heterocycles. The predicted molar refractivity (Wildman–Crippen MR) is 56.9 cm³/mol. The third kappa shape index (κ3) is 3.07. The number of rotatable bonds is 6. The van der Waals surface area contributed by atoms with Crippen LogP contribution in [0.15, 0.2) is 22.8 Å². The van der Waals surface area contributed by atoms with Crippen molar-refractivity contribution in [1.29, 1.82) is 0 Å². The number of nitrogens with zero attached hydrogens (tertiary/aromatic N) is 1. The molecule has 0 fully saturated rings. The summed E-state index contributed by atoms with van der Waals surface area (Å²) in [5.74, 6) is 0.405. The molecule has 1 unspecified atom stereocenters. The number of furan rings is 1. The zero-order valence-corrected chi connectivity index (χ0v) is 8.85. The molecule has 84 valence electrons. The van der Waals surface area contributed by atoms with E-state index in [1.54, 1.807) is 12.3 Å². The molecular weight excluding hydrogens is 194 g/mol. The van der Waals surface area contributed by atoms with E-state index in [0.29, 0.717) is 13.1 Å². The molecule has 15 heavy (non-hydrogen) atoms. The highest BCUT2D eigenvalue weighted by Crippen LogP contribution is 2.19. The van der Waals surface area contributed by atoms with Gasteiger partial charge < -0.3 is 15.9 Å². The van der Waals surface area contributed by atoms with Crippen molar-refractivity contribution in [3.05, 3.63) is 24.2 Å².